The van der Waals surface area contributed by atoms with Gasteiger partial charge in [-0.05, 0) is 62.2 Å². The average molecular weight is 323 g/mol. The maximum atomic E-state index is 6.61. The molecule has 0 aromatic heterocycles. The molecule has 0 amide bonds. The van der Waals surface area contributed by atoms with Gasteiger partial charge in [0.1, 0.15) is 0 Å². The minimum absolute atomic E-state index is 0.439. The summed E-state index contributed by atoms with van der Waals surface area (Å²) in [6.07, 6.45) is 8.40. The van der Waals surface area contributed by atoms with E-state index in [1.165, 1.54) is 38.5 Å². The van der Waals surface area contributed by atoms with Crippen LogP contribution in [0, 0.1) is 23.7 Å². The lowest BCUT2D eigenvalue weighted by Gasteiger charge is -2.30. The van der Waals surface area contributed by atoms with Gasteiger partial charge < -0.3 is 0 Å². The van der Waals surface area contributed by atoms with E-state index in [1.54, 1.807) is 0 Å². The van der Waals surface area contributed by atoms with Crippen molar-refractivity contribution < 1.29 is 0 Å². The van der Waals surface area contributed by atoms with Gasteiger partial charge in [-0.2, -0.15) is 0 Å². The van der Waals surface area contributed by atoms with Crippen molar-refractivity contribution in [1.29, 1.82) is 0 Å². The molecule has 18 heavy (non-hydrogen) atoms. The van der Waals surface area contributed by atoms with Crippen LogP contribution in [0.5, 0.6) is 0 Å². The third-order valence-corrected chi connectivity index (χ3v) is 10.9. The van der Waals surface area contributed by atoms with Gasteiger partial charge in [0.2, 0.25) is 0 Å². The molecule has 8 atom stereocenters. The maximum Gasteiger partial charge on any atom is 0.0494 e. The van der Waals surface area contributed by atoms with E-state index in [2.05, 4.69) is 21.6 Å². The van der Waals surface area contributed by atoms with Crippen LogP contribution in [0.25, 0.3) is 0 Å². The minimum atomic E-state index is 0.439. The van der Waals surface area contributed by atoms with Crippen LogP contribution >= 0.6 is 44.8 Å². The quantitative estimate of drug-likeness (QED) is 0.518. The topological polar surface area (TPSA) is 0 Å². The third-order valence-electron chi connectivity index (χ3n) is 5.76. The lowest BCUT2D eigenvalue weighted by atomic mass is 10.00. The molecular weight excluding hydrogens is 303 g/mol. The first-order valence-electron chi connectivity index (χ1n) is 7.34. The van der Waals surface area contributed by atoms with Crippen molar-refractivity contribution in [1.82, 2.24) is 0 Å². The lowest BCUT2D eigenvalue weighted by Crippen LogP contribution is -2.27. The highest BCUT2D eigenvalue weighted by atomic mass is 35.5. The van der Waals surface area contributed by atoms with E-state index in [1.807, 2.05) is 0 Å². The molecule has 0 nitrogen and oxygen atoms in total. The fraction of sp³-hybridized carbons (Fsp3) is 1.00. The summed E-state index contributed by atoms with van der Waals surface area (Å²) < 4.78 is 0. The summed E-state index contributed by atoms with van der Waals surface area (Å²) in [5, 5.41) is 2.29. The zero-order valence-corrected chi connectivity index (χ0v) is 13.6. The van der Waals surface area contributed by atoms with Crippen LogP contribution in [-0.4, -0.2) is 21.3 Å². The third kappa shape index (κ3) is 1.96. The molecule has 4 bridgehead atoms. The first kappa shape index (κ1) is 13.0. The summed E-state index contributed by atoms with van der Waals surface area (Å²) in [5.74, 6) is 3.45. The van der Waals surface area contributed by atoms with E-state index in [-0.39, 0.29) is 0 Å². The molecule has 102 valence electrons. The van der Waals surface area contributed by atoms with E-state index < -0.39 is 0 Å². The number of halogens is 2. The Morgan fingerprint density at radius 2 is 1.00 bits per heavy atom. The van der Waals surface area contributed by atoms with Gasteiger partial charge in [0.05, 0.1) is 0 Å². The van der Waals surface area contributed by atoms with Gasteiger partial charge in [-0.15, -0.1) is 23.2 Å². The lowest BCUT2D eigenvalue weighted by molar-refractivity contribution is 0.497. The largest absolute Gasteiger partial charge is 0.121 e. The second kappa shape index (κ2) is 4.93. The Morgan fingerprint density at radius 3 is 1.33 bits per heavy atom. The van der Waals surface area contributed by atoms with Crippen molar-refractivity contribution in [2.24, 2.45) is 23.7 Å². The number of fused-ring (bicyclic) bond motifs is 4. The van der Waals surface area contributed by atoms with Crippen LogP contribution in [0.1, 0.15) is 38.5 Å². The van der Waals surface area contributed by atoms with Crippen molar-refractivity contribution >= 4 is 44.8 Å². The molecule has 4 aliphatic carbocycles. The number of alkyl halides is 2. The molecule has 0 N–H and O–H groups in total. The number of hydrogen-bond acceptors (Lipinski definition) is 2. The first-order chi connectivity index (χ1) is 8.74. The van der Waals surface area contributed by atoms with E-state index in [9.17, 15) is 0 Å². The molecule has 4 fully saturated rings. The summed E-state index contributed by atoms with van der Waals surface area (Å²) in [6, 6.07) is 0. The number of hydrogen-bond donors (Lipinski definition) is 0. The van der Waals surface area contributed by atoms with E-state index in [0.717, 1.165) is 23.7 Å². The smallest absolute Gasteiger partial charge is 0.0494 e. The zero-order valence-electron chi connectivity index (χ0n) is 10.4. The van der Waals surface area contributed by atoms with E-state index in [0.29, 0.717) is 21.3 Å². The Balaban J connectivity index is 1.36. The minimum Gasteiger partial charge on any atom is -0.121 e. The van der Waals surface area contributed by atoms with Crippen LogP contribution in [0.4, 0.5) is 0 Å². The predicted molar refractivity (Wildman–Crippen MR) is 83.7 cm³/mol. The highest BCUT2D eigenvalue weighted by Crippen LogP contribution is 2.59. The van der Waals surface area contributed by atoms with Gasteiger partial charge in [-0.1, -0.05) is 21.6 Å². The summed E-state index contributed by atoms with van der Waals surface area (Å²) in [6.45, 7) is 0. The molecular formula is C14H20Cl2S2. The number of rotatable bonds is 3. The molecule has 0 unspecified atom stereocenters. The van der Waals surface area contributed by atoms with Crippen LogP contribution in [-0.2, 0) is 0 Å². The Kier molecular flexibility index (Phi) is 3.55. The standard InChI is InChI=1S/C14H20Cl2S2/c15-11-7-1-3-9(5-7)13(11)17-18-14-10-4-2-8(6-10)12(14)16/h7-14H,1-6H2/t7-,8-,9+,10+,11-,12-,13-,14-/m1/s1. The summed E-state index contributed by atoms with van der Waals surface area (Å²) in [5.41, 5.74) is 0. The van der Waals surface area contributed by atoms with Crippen LogP contribution < -0.4 is 0 Å². The van der Waals surface area contributed by atoms with Crippen molar-refractivity contribution in [3.05, 3.63) is 0 Å². The first-order valence-corrected chi connectivity index (χ1v) is 10.5. The fourth-order valence-corrected chi connectivity index (χ4v) is 10.4. The molecule has 0 aromatic rings. The molecule has 0 aromatic carbocycles. The van der Waals surface area contributed by atoms with Gasteiger partial charge in [0, 0.05) is 21.3 Å². The van der Waals surface area contributed by atoms with Gasteiger partial charge in [0.25, 0.3) is 0 Å². The van der Waals surface area contributed by atoms with Gasteiger partial charge in [0.15, 0.2) is 0 Å². The molecule has 4 aliphatic rings. The Hall–Kier alpha value is 1.28. The summed E-state index contributed by atoms with van der Waals surface area (Å²) in [4.78, 5) is 0. The van der Waals surface area contributed by atoms with Crippen LogP contribution in [0.15, 0.2) is 0 Å². The maximum absolute atomic E-state index is 6.61. The molecule has 0 aliphatic heterocycles. The Bertz CT molecular complexity index is 302. The monoisotopic (exact) mass is 322 g/mol. The van der Waals surface area contributed by atoms with Crippen LogP contribution in [0.2, 0.25) is 0 Å². The highest BCUT2D eigenvalue weighted by molar-refractivity contribution is 8.77. The van der Waals surface area contributed by atoms with Crippen molar-refractivity contribution in [2.45, 2.75) is 59.8 Å². The SMILES string of the molecule is Cl[C@@H]1[C@@H]2CC[C@@H](C2)[C@H]1SS[C@@H]1[C@H]2CC[C@H](C2)[C@H]1Cl. The summed E-state index contributed by atoms with van der Waals surface area (Å²) >= 11 is 13.2. The average Bonchev–Trinajstić information content (AvgIpc) is 3.08. The molecule has 0 radical (unpaired) electrons. The van der Waals surface area contributed by atoms with Crippen LogP contribution in [0.3, 0.4) is 0 Å². The van der Waals surface area contributed by atoms with Crippen molar-refractivity contribution in [2.75, 3.05) is 0 Å². The Morgan fingerprint density at radius 1 is 0.611 bits per heavy atom. The second-order valence-corrected chi connectivity index (χ2v) is 10.3. The van der Waals surface area contributed by atoms with E-state index >= 15 is 0 Å². The summed E-state index contributed by atoms with van der Waals surface area (Å²) in [7, 11) is 4.19. The fourth-order valence-electron chi connectivity index (χ4n) is 4.73. The van der Waals surface area contributed by atoms with Gasteiger partial charge >= 0.3 is 0 Å². The molecule has 0 spiro atoms. The van der Waals surface area contributed by atoms with Gasteiger partial charge in [-0.25, -0.2) is 0 Å². The van der Waals surface area contributed by atoms with Gasteiger partial charge in [-0.3, -0.25) is 0 Å². The molecule has 4 heteroatoms. The molecule has 0 heterocycles. The molecule has 4 rings (SSSR count). The molecule has 4 saturated carbocycles. The second-order valence-electron chi connectivity index (χ2n) is 6.68. The highest BCUT2D eigenvalue weighted by Gasteiger charge is 2.50. The Labute approximate surface area is 128 Å². The van der Waals surface area contributed by atoms with E-state index in [4.69, 9.17) is 23.2 Å². The van der Waals surface area contributed by atoms with Crippen molar-refractivity contribution in [3.8, 4) is 0 Å². The van der Waals surface area contributed by atoms with Crippen molar-refractivity contribution in [3.63, 3.8) is 0 Å². The zero-order chi connectivity index (χ0) is 12.3. The molecule has 0 saturated heterocycles. The normalized spacial score (nSPS) is 57.7. The predicted octanol–water partition coefficient (Wildman–Crippen LogP) is 5.18.